The van der Waals surface area contributed by atoms with Crippen LogP contribution in [0.5, 0.6) is 0 Å². The molecule has 1 fully saturated rings. The maximum atomic E-state index is 12.5. The van der Waals surface area contributed by atoms with Gasteiger partial charge in [-0.3, -0.25) is 4.79 Å². The second kappa shape index (κ2) is 8.11. The third-order valence-electron chi connectivity index (χ3n) is 4.97. The van der Waals surface area contributed by atoms with Crippen molar-refractivity contribution in [3.63, 3.8) is 0 Å². The molecule has 2 N–H and O–H groups in total. The molecule has 3 aromatic rings. The van der Waals surface area contributed by atoms with Gasteiger partial charge in [-0.2, -0.15) is 4.98 Å². The van der Waals surface area contributed by atoms with Crippen LogP contribution in [0, 0.1) is 0 Å². The van der Waals surface area contributed by atoms with Gasteiger partial charge in [-0.05, 0) is 25.2 Å². The molecule has 4 heterocycles. The summed E-state index contributed by atoms with van der Waals surface area (Å²) in [6.45, 7) is 4.99. The summed E-state index contributed by atoms with van der Waals surface area (Å²) in [6.07, 6.45) is 4.32. The summed E-state index contributed by atoms with van der Waals surface area (Å²) in [6, 6.07) is 3.59. The van der Waals surface area contributed by atoms with E-state index in [0.29, 0.717) is 55.3 Å². The Balaban J connectivity index is 1.53. The number of thiocarbonyl (C=S) groups is 1. The Bertz CT molecular complexity index is 1150. The van der Waals surface area contributed by atoms with Crippen LogP contribution >= 0.6 is 12.2 Å². The zero-order valence-corrected chi connectivity index (χ0v) is 17.1. The number of carbonyl (C=O) groups is 1. The normalized spacial score (nSPS) is 14.2. The number of anilines is 2. The minimum atomic E-state index is -1.26. The fraction of sp³-hybridized carbons (Fsp3) is 0.316. The summed E-state index contributed by atoms with van der Waals surface area (Å²) in [7, 11) is 0. The summed E-state index contributed by atoms with van der Waals surface area (Å²) >= 11 is 5.44. The number of carboxylic acids is 1. The fourth-order valence-electron chi connectivity index (χ4n) is 3.35. The lowest BCUT2D eigenvalue weighted by Gasteiger charge is -2.36. The molecular formula is C19H20N6O4S. The highest BCUT2D eigenvalue weighted by Gasteiger charge is 2.23. The Labute approximate surface area is 176 Å². The molecule has 156 valence electrons. The Kier molecular flexibility index (Phi) is 5.36. The van der Waals surface area contributed by atoms with Crippen molar-refractivity contribution < 1.29 is 14.3 Å². The second-order valence-electron chi connectivity index (χ2n) is 6.75. The van der Waals surface area contributed by atoms with Crippen LogP contribution in [0.1, 0.15) is 17.3 Å². The standard InChI is InChI=1S/C19H20N6O4S/c1-2-23-11-13(17(27)28)15(26)12-10-20-18(22-16(12)23)24-5-7-25(8-6-24)19(30)21-14-4-3-9-29-14/h3-4,9-11H,2,5-8H2,1H3,(H,21,30)(H,27,28). The first-order chi connectivity index (χ1) is 14.5. The molecule has 10 nitrogen and oxygen atoms in total. The van der Waals surface area contributed by atoms with Crippen LogP contribution in [0.2, 0.25) is 0 Å². The van der Waals surface area contributed by atoms with Gasteiger partial charge in [-0.1, -0.05) is 0 Å². The van der Waals surface area contributed by atoms with E-state index >= 15 is 0 Å². The smallest absolute Gasteiger partial charge is 0.341 e. The van der Waals surface area contributed by atoms with Crippen molar-refractivity contribution in [2.24, 2.45) is 0 Å². The Hall–Kier alpha value is -3.47. The van der Waals surface area contributed by atoms with Crippen molar-refractivity contribution in [3.8, 4) is 0 Å². The van der Waals surface area contributed by atoms with E-state index in [0.717, 1.165) is 0 Å². The van der Waals surface area contributed by atoms with Crippen LogP contribution in [-0.2, 0) is 6.54 Å². The fourth-order valence-corrected chi connectivity index (χ4v) is 3.64. The van der Waals surface area contributed by atoms with Crippen molar-refractivity contribution in [3.05, 3.63) is 46.6 Å². The quantitative estimate of drug-likeness (QED) is 0.594. The number of nitrogens with one attached hydrogen (secondary N) is 1. The predicted octanol–water partition coefficient (Wildman–Crippen LogP) is 1.62. The van der Waals surface area contributed by atoms with Crippen LogP contribution in [-0.4, -0.2) is 61.8 Å². The number of nitrogens with zero attached hydrogens (tertiary/aromatic N) is 5. The highest BCUT2D eigenvalue weighted by molar-refractivity contribution is 7.80. The SMILES string of the molecule is CCn1cc(C(=O)O)c(=O)c2cnc(N3CCN(C(=S)Nc4ccco4)CC3)nc21. The van der Waals surface area contributed by atoms with E-state index in [2.05, 4.69) is 15.3 Å². The topological polar surface area (TPSA) is 117 Å². The third-order valence-corrected chi connectivity index (χ3v) is 5.33. The average Bonchev–Trinajstić information content (AvgIpc) is 3.26. The van der Waals surface area contributed by atoms with Gasteiger partial charge in [0.25, 0.3) is 0 Å². The number of pyridine rings is 1. The lowest BCUT2D eigenvalue weighted by molar-refractivity contribution is 0.0695. The van der Waals surface area contributed by atoms with Crippen molar-refractivity contribution in [2.45, 2.75) is 13.5 Å². The van der Waals surface area contributed by atoms with Crippen LogP contribution in [0.3, 0.4) is 0 Å². The summed E-state index contributed by atoms with van der Waals surface area (Å²) in [4.78, 5) is 36.7. The number of rotatable bonds is 4. The summed E-state index contributed by atoms with van der Waals surface area (Å²) in [5.41, 5.74) is -0.435. The molecule has 0 saturated carbocycles. The highest BCUT2D eigenvalue weighted by atomic mass is 32.1. The van der Waals surface area contributed by atoms with Gasteiger partial charge in [0.2, 0.25) is 11.4 Å². The van der Waals surface area contributed by atoms with Gasteiger partial charge >= 0.3 is 5.97 Å². The molecular weight excluding hydrogens is 408 g/mol. The Morgan fingerprint density at radius 2 is 2.10 bits per heavy atom. The van der Waals surface area contributed by atoms with Crippen LogP contribution in [0.4, 0.5) is 11.8 Å². The minimum absolute atomic E-state index is 0.197. The molecule has 0 unspecified atom stereocenters. The van der Waals surface area contributed by atoms with Crippen molar-refractivity contribution in [1.29, 1.82) is 0 Å². The molecule has 3 aromatic heterocycles. The van der Waals surface area contributed by atoms with Crippen molar-refractivity contribution in [1.82, 2.24) is 19.4 Å². The molecule has 0 aromatic carbocycles. The van der Waals surface area contributed by atoms with E-state index in [1.807, 2.05) is 16.7 Å². The van der Waals surface area contributed by atoms with Crippen LogP contribution in [0.25, 0.3) is 11.0 Å². The monoisotopic (exact) mass is 428 g/mol. The zero-order valence-electron chi connectivity index (χ0n) is 16.2. The largest absolute Gasteiger partial charge is 0.477 e. The van der Waals surface area contributed by atoms with Gasteiger partial charge in [0.1, 0.15) is 11.2 Å². The molecule has 0 bridgehead atoms. The number of hydrogen-bond acceptors (Lipinski definition) is 7. The predicted molar refractivity (Wildman–Crippen MR) is 115 cm³/mol. The van der Waals surface area contributed by atoms with E-state index in [1.165, 1.54) is 12.4 Å². The molecule has 0 spiro atoms. The maximum absolute atomic E-state index is 12.5. The first-order valence-corrected chi connectivity index (χ1v) is 9.86. The van der Waals surface area contributed by atoms with E-state index < -0.39 is 11.4 Å². The van der Waals surface area contributed by atoms with Gasteiger partial charge < -0.3 is 29.2 Å². The van der Waals surface area contributed by atoms with Crippen molar-refractivity contribution in [2.75, 3.05) is 36.4 Å². The summed E-state index contributed by atoms with van der Waals surface area (Å²) in [5, 5.41) is 13.1. The number of aryl methyl sites for hydroxylation is 1. The van der Waals surface area contributed by atoms with Gasteiger partial charge in [0, 0.05) is 51.2 Å². The Morgan fingerprint density at radius 3 is 2.73 bits per heavy atom. The van der Waals surface area contributed by atoms with Gasteiger partial charge in [0.05, 0.1) is 11.6 Å². The lowest BCUT2D eigenvalue weighted by atomic mass is 10.2. The number of aromatic carboxylic acids is 1. The average molecular weight is 428 g/mol. The molecule has 1 saturated heterocycles. The summed E-state index contributed by atoms with van der Waals surface area (Å²) in [5.74, 6) is -0.168. The number of carboxylic acid groups (broad SMARTS) is 1. The van der Waals surface area contributed by atoms with E-state index in [9.17, 15) is 14.7 Å². The number of hydrogen-bond donors (Lipinski definition) is 2. The number of furan rings is 1. The Morgan fingerprint density at radius 1 is 1.33 bits per heavy atom. The van der Waals surface area contributed by atoms with Gasteiger partial charge in [0.15, 0.2) is 11.0 Å². The van der Waals surface area contributed by atoms with Crippen LogP contribution in [0.15, 0.2) is 40.0 Å². The molecule has 1 aliphatic heterocycles. The molecule has 1 aliphatic rings. The van der Waals surface area contributed by atoms with Gasteiger partial charge in [-0.15, -0.1) is 0 Å². The first kappa shape index (κ1) is 19.8. The van der Waals surface area contributed by atoms with E-state index in [-0.39, 0.29) is 10.9 Å². The van der Waals surface area contributed by atoms with E-state index in [1.54, 1.807) is 23.0 Å². The molecule has 11 heteroatoms. The van der Waals surface area contributed by atoms with Crippen molar-refractivity contribution >= 4 is 46.2 Å². The summed E-state index contributed by atoms with van der Waals surface area (Å²) < 4.78 is 6.92. The molecule has 4 rings (SSSR count). The molecule has 0 atom stereocenters. The third kappa shape index (κ3) is 3.71. The minimum Gasteiger partial charge on any atom is -0.477 e. The van der Waals surface area contributed by atoms with Crippen LogP contribution < -0.4 is 15.6 Å². The second-order valence-corrected chi connectivity index (χ2v) is 7.14. The van der Waals surface area contributed by atoms with E-state index in [4.69, 9.17) is 16.6 Å². The molecule has 30 heavy (non-hydrogen) atoms. The number of aromatic nitrogens is 3. The molecule has 0 amide bonds. The van der Waals surface area contributed by atoms with Gasteiger partial charge in [-0.25, -0.2) is 9.78 Å². The number of piperazine rings is 1. The molecule has 0 aliphatic carbocycles. The molecule has 0 radical (unpaired) electrons. The first-order valence-electron chi connectivity index (χ1n) is 9.45. The lowest BCUT2D eigenvalue weighted by Crippen LogP contribution is -2.50. The highest BCUT2D eigenvalue weighted by Crippen LogP contribution is 2.17. The zero-order chi connectivity index (χ0) is 21.3. The number of fused-ring (bicyclic) bond motifs is 1. The maximum Gasteiger partial charge on any atom is 0.341 e.